The minimum atomic E-state index is -0.0569. The molecule has 0 saturated carbocycles. The fraction of sp³-hybridized carbons (Fsp3) is 0.200. The van der Waals surface area contributed by atoms with Crippen molar-refractivity contribution in [3.8, 4) is 5.75 Å². The first-order valence-corrected chi connectivity index (χ1v) is 6.21. The molecule has 0 aromatic heterocycles. The van der Waals surface area contributed by atoms with Crippen LogP contribution in [-0.2, 0) is 6.42 Å². The Morgan fingerprint density at radius 1 is 1.17 bits per heavy atom. The van der Waals surface area contributed by atoms with Crippen LogP contribution in [0.15, 0.2) is 48.5 Å². The molecule has 0 heterocycles. The van der Waals surface area contributed by atoms with Crippen LogP contribution in [0.25, 0.3) is 0 Å². The SMILES string of the molecule is COc1ccc(Cl)cc1CC(N)c1ccccc1. The van der Waals surface area contributed by atoms with Gasteiger partial charge in [0.1, 0.15) is 5.75 Å². The standard InChI is InChI=1S/C15H16ClNO/c1-18-15-8-7-13(16)9-12(15)10-14(17)11-5-3-2-4-6-11/h2-9,14H,10,17H2,1H3. The van der Waals surface area contributed by atoms with Crippen LogP contribution in [0.4, 0.5) is 0 Å². The van der Waals surface area contributed by atoms with Gasteiger partial charge in [-0.1, -0.05) is 41.9 Å². The molecule has 0 aliphatic carbocycles. The van der Waals surface area contributed by atoms with E-state index < -0.39 is 0 Å². The van der Waals surface area contributed by atoms with E-state index >= 15 is 0 Å². The summed E-state index contributed by atoms with van der Waals surface area (Å²) < 4.78 is 5.32. The van der Waals surface area contributed by atoms with Gasteiger partial charge in [-0.2, -0.15) is 0 Å². The van der Waals surface area contributed by atoms with Gasteiger partial charge in [0, 0.05) is 11.1 Å². The molecule has 0 aliphatic heterocycles. The highest BCUT2D eigenvalue weighted by Crippen LogP contribution is 2.26. The van der Waals surface area contributed by atoms with Crippen LogP contribution < -0.4 is 10.5 Å². The number of rotatable bonds is 4. The zero-order valence-electron chi connectivity index (χ0n) is 10.3. The van der Waals surface area contributed by atoms with Crippen molar-refractivity contribution in [2.24, 2.45) is 5.73 Å². The van der Waals surface area contributed by atoms with E-state index in [4.69, 9.17) is 22.1 Å². The lowest BCUT2D eigenvalue weighted by molar-refractivity contribution is 0.408. The molecule has 0 fully saturated rings. The van der Waals surface area contributed by atoms with Gasteiger partial charge < -0.3 is 10.5 Å². The molecule has 0 spiro atoms. The quantitative estimate of drug-likeness (QED) is 0.913. The average molecular weight is 262 g/mol. The van der Waals surface area contributed by atoms with Gasteiger partial charge in [0.25, 0.3) is 0 Å². The number of halogens is 1. The van der Waals surface area contributed by atoms with Crippen molar-refractivity contribution in [3.63, 3.8) is 0 Å². The highest BCUT2D eigenvalue weighted by atomic mass is 35.5. The molecular weight excluding hydrogens is 246 g/mol. The normalized spacial score (nSPS) is 12.2. The van der Waals surface area contributed by atoms with E-state index in [9.17, 15) is 0 Å². The molecule has 2 aromatic rings. The Bertz CT molecular complexity index is 513. The van der Waals surface area contributed by atoms with Crippen LogP contribution in [0.5, 0.6) is 5.75 Å². The number of methoxy groups -OCH3 is 1. The number of ether oxygens (including phenoxy) is 1. The summed E-state index contributed by atoms with van der Waals surface area (Å²) >= 11 is 6.01. The molecule has 2 rings (SSSR count). The maximum absolute atomic E-state index is 6.20. The summed E-state index contributed by atoms with van der Waals surface area (Å²) in [7, 11) is 1.65. The van der Waals surface area contributed by atoms with Crippen LogP contribution >= 0.6 is 11.6 Å². The monoisotopic (exact) mass is 261 g/mol. The highest BCUT2D eigenvalue weighted by molar-refractivity contribution is 6.30. The van der Waals surface area contributed by atoms with Gasteiger partial charge in [-0.25, -0.2) is 0 Å². The maximum Gasteiger partial charge on any atom is 0.122 e. The van der Waals surface area contributed by atoms with E-state index in [0.717, 1.165) is 16.9 Å². The minimum absolute atomic E-state index is 0.0569. The van der Waals surface area contributed by atoms with Crippen molar-refractivity contribution in [1.82, 2.24) is 0 Å². The lowest BCUT2D eigenvalue weighted by Crippen LogP contribution is -2.13. The van der Waals surface area contributed by atoms with Gasteiger partial charge >= 0.3 is 0 Å². The number of nitrogens with two attached hydrogens (primary N) is 1. The first kappa shape index (κ1) is 12.9. The zero-order valence-corrected chi connectivity index (χ0v) is 11.0. The van der Waals surface area contributed by atoms with Crippen molar-refractivity contribution < 1.29 is 4.74 Å². The molecule has 0 amide bonds. The van der Waals surface area contributed by atoms with Gasteiger partial charge in [-0.3, -0.25) is 0 Å². The van der Waals surface area contributed by atoms with Gasteiger partial charge in [0.05, 0.1) is 7.11 Å². The maximum atomic E-state index is 6.20. The third-order valence-electron chi connectivity index (χ3n) is 2.91. The van der Waals surface area contributed by atoms with Crippen molar-refractivity contribution in [2.75, 3.05) is 7.11 Å². The number of hydrogen-bond donors (Lipinski definition) is 1. The fourth-order valence-corrected chi connectivity index (χ4v) is 2.16. The Morgan fingerprint density at radius 2 is 1.89 bits per heavy atom. The smallest absolute Gasteiger partial charge is 0.122 e. The Morgan fingerprint density at radius 3 is 2.56 bits per heavy atom. The third kappa shape index (κ3) is 3.03. The third-order valence-corrected chi connectivity index (χ3v) is 3.15. The molecule has 2 aromatic carbocycles. The first-order chi connectivity index (χ1) is 8.70. The van der Waals surface area contributed by atoms with Gasteiger partial charge in [-0.05, 0) is 35.7 Å². The van der Waals surface area contributed by atoms with E-state index in [1.807, 2.05) is 48.5 Å². The molecule has 0 bridgehead atoms. The minimum Gasteiger partial charge on any atom is -0.496 e. The Hall–Kier alpha value is -1.51. The molecule has 1 atom stereocenters. The average Bonchev–Trinajstić information content (AvgIpc) is 2.40. The van der Waals surface area contributed by atoms with Gasteiger partial charge in [-0.15, -0.1) is 0 Å². The van der Waals surface area contributed by atoms with Crippen LogP contribution in [0.1, 0.15) is 17.2 Å². The molecular formula is C15H16ClNO. The van der Waals surface area contributed by atoms with Crippen molar-refractivity contribution in [2.45, 2.75) is 12.5 Å². The fourth-order valence-electron chi connectivity index (χ4n) is 1.96. The summed E-state index contributed by atoms with van der Waals surface area (Å²) in [6.07, 6.45) is 0.702. The lowest BCUT2D eigenvalue weighted by atomic mass is 9.99. The number of benzene rings is 2. The Balaban J connectivity index is 2.21. The molecule has 0 radical (unpaired) electrons. The predicted molar refractivity (Wildman–Crippen MR) is 75.1 cm³/mol. The van der Waals surface area contributed by atoms with Crippen LogP contribution in [0, 0.1) is 0 Å². The summed E-state index contributed by atoms with van der Waals surface area (Å²) in [6.45, 7) is 0. The molecule has 18 heavy (non-hydrogen) atoms. The number of hydrogen-bond acceptors (Lipinski definition) is 2. The molecule has 1 unspecified atom stereocenters. The summed E-state index contributed by atoms with van der Waals surface area (Å²) in [5.74, 6) is 0.825. The molecule has 94 valence electrons. The Kier molecular flexibility index (Phi) is 4.24. The van der Waals surface area contributed by atoms with E-state index in [2.05, 4.69) is 0 Å². The van der Waals surface area contributed by atoms with E-state index in [1.165, 1.54) is 0 Å². The second-order valence-electron chi connectivity index (χ2n) is 4.18. The van der Waals surface area contributed by atoms with Gasteiger partial charge in [0.2, 0.25) is 0 Å². The van der Waals surface area contributed by atoms with Crippen LogP contribution in [0.2, 0.25) is 5.02 Å². The molecule has 3 heteroatoms. The van der Waals surface area contributed by atoms with Crippen molar-refractivity contribution >= 4 is 11.6 Å². The molecule has 0 aliphatic rings. The summed E-state index contributed by atoms with van der Waals surface area (Å²) in [5.41, 5.74) is 8.34. The highest BCUT2D eigenvalue weighted by Gasteiger charge is 2.11. The van der Waals surface area contributed by atoms with Crippen LogP contribution in [0.3, 0.4) is 0 Å². The molecule has 2 nitrogen and oxygen atoms in total. The summed E-state index contributed by atoms with van der Waals surface area (Å²) in [4.78, 5) is 0. The predicted octanol–water partition coefficient (Wildman–Crippen LogP) is 3.59. The lowest BCUT2D eigenvalue weighted by Gasteiger charge is -2.15. The first-order valence-electron chi connectivity index (χ1n) is 5.83. The summed E-state index contributed by atoms with van der Waals surface area (Å²) in [5, 5.41) is 0.700. The second kappa shape index (κ2) is 5.89. The van der Waals surface area contributed by atoms with Gasteiger partial charge in [0.15, 0.2) is 0 Å². The molecule has 2 N–H and O–H groups in total. The van der Waals surface area contributed by atoms with E-state index in [-0.39, 0.29) is 6.04 Å². The van der Waals surface area contributed by atoms with Crippen molar-refractivity contribution in [3.05, 3.63) is 64.7 Å². The van der Waals surface area contributed by atoms with Crippen LogP contribution in [-0.4, -0.2) is 7.11 Å². The van der Waals surface area contributed by atoms with Crippen molar-refractivity contribution in [1.29, 1.82) is 0 Å². The largest absolute Gasteiger partial charge is 0.496 e. The Labute approximate surface area is 112 Å². The zero-order chi connectivity index (χ0) is 13.0. The second-order valence-corrected chi connectivity index (χ2v) is 4.61. The molecule has 0 saturated heterocycles. The van der Waals surface area contributed by atoms with E-state index in [0.29, 0.717) is 11.4 Å². The topological polar surface area (TPSA) is 35.2 Å². The summed E-state index contributed by atoms with van der Waals surface area (Å²) in [6, 6.07) is 15.6. The van der Waals surface area contributed by atoms with E-state index in [1.54, 1.807) is 7.11 Å².